The molecule has 0 radical (unpaired) electrons. The van der Waals surface area contributed by atoms with Gasteiger partial charge >= 0.3 is 0 Å². The van der Waals surface area contributed by atoms with Crippen LogP contribution in [0, 0.1) is 13.8 Å². The van der Waals surface area contributed by atoms with Crippen LogP contribution in [0.2, 0.25) is 0 Å². The SMILES string of the molecule is Cc1sc2nc(SCCc3ccccc3)n(Cc3ccccn3)c(=O)c2c1C. The highest BCUT2D eigenvalue weighted by atomic mass is 32.2. The molecule has 0 spiro atoms. The fourth-order valence-corrected chi connectivity index (χ4v) is 5.17. The first-order chi connectivity index (χ1) is 13.6. The molecule has 3 aromatic heterocycles. The number of pyridine rings is 1. The lowest BCUT2D eigenvalue weighted by molar-refractivity contribution is 0.647. The van der Waals surface area contributed by atoms with Gasteiger partial charge in [0.1, 0.15) is 4.83 Å². The molecule has 0 saturated heterocycles. The van der Waals surface area contributed by atoms with Crippen molar-refractivity contribution in [3.8, 4) is 0 Å². The first-order valence-electron chi connectivity index (χ1n) is 9.20. The highest BCUT2D eigenvalue weighted by Crippen LogP contribution is 2.28. The Labute approximate surface area is 172 Å². The van der Waals surface area contributed by atoms with Crippen molar-refractivity contribution >= 4 is 33.3 Å². The van der Waals surface area contributed by atoms with Gasteiger partial charge in [-0.25, -0.2) is 4.98 Å². The third kappa shape index (κ3) is 3.88. The summed E-state index contributed by atoms with van der Waals surface area (Å²) in [6, 6.07) is 16.2. The normalized spacial score (nSPS) is 11.2. The van der Waals surface area contributed by atoms with Crippen molar-refractivity contribution in [2.45, 2.75) is 32.0 Å². The van der Waals surface area contributed by atoms with Gasteiger partial charge in [0.15, 0.2) is 5.16 Å². The fraction of sp³-hybridized carbons (Fsp3) is 0.227. The van der Waals surface area contributed by atoms with Crippen LogP contribution in [0.4, 0.5) is 0 Å². The Morgan fingerprint density at radius 1 is 1.07 bits per heavy atom. The highest BCUT2D eigenvalue weighted by Gasteiger charge is 2.17. The summed E-state index contributed by atoms with van der Waals surface area (Å²) < 4.78 is 1.78. The minimum Gasteiger partial charge on any atom is -0.281 e. The number of fused-ring (bicyclic) bond motifs is 1. The molecule has 4 aromatic rings. The fourth-order valence-electron chi connectivity index (χ4n) is 3.12. The van der Waals surface area contributed by atoms with E-state index in [1.54, 1.807) is 33.9 Å². The van der Waals surface area contributed by atoms with Crippen LogP contribution in [0.25, 0.3) is 10.2 Å². The largest absolute Gasteiger partial charge is 0.281 e. The molecule has 0 saturated carbocycles. The summed E-state index contributed by atoms with van der Waals surface area (Å²) in [6.45, 7) is 4.49. The molecule has 3 heterocycles. The second-order valence-electron chi connectivity index (χ2n) is 6.65. The molecule has 0 bridgehead atoms. The van der Waals surface area contributed by atoms with E-state index in [1.807, 2.05) is 38.1 Å². The molecular formula is C22H21N3OS2. The molecule has 0 atom stereocenters. The van der Waals surface area contributed by atoms with Crippen molar-refractivity contribution in [1.82, 2.24) is 14.5 Å². The van der Waals surface area contributed by atoms with Crippen molar-refractivity contribution in [2.75, 3.05) is 5.75 Å². The number of nitrogens with zero attached hydrogens (tertiary/aromatic N) is 3. The maximum atomic E-state index is 13.3. The number of hydrogen-bond acceptors (Lipinski definition) is 5. The minimum atomic E-state index is 0.0275. The molecule has 0 N–H and O–H groups in total. The van der Waals surface area contributed by atoms with Gasteiger partial charge in [-0.1, -0.05) is 48.2 Å². The van der Waals surface area contributed by atoms with E-state index in [4.69, 9.17) is 4.98 Å². The number of aryl methyl sites for hydroxylation is 3. The van der Waals surface area contributed by atoms with Gasteiger partial charge in [0.25, 0.3) is 5.56 Å². The predicted octanol–water partition coefficient (Wildman–Crippen LogP) is 4.85. The number of benzene rings is 1. The second kappa shape index (κ2) is 8.29. The molecule has 4 nitrogen and oxygen atoms in total. The summed E-state index contributed by atoms with van der Waals surface area (Å²) in [7, 11) is 0. The lowest BCUT2D eigenvalue weighted by Crippen LogP contribution is -2.24. The molecular weight excluding hydrogens is 386 g/mol. The molecule has 1 aromatic carbocycles. The van der Waals surface area contributed by atoms with Crippen molar-refractivity contribution in [3.63, 3.8) is 0 Å². The van der Waals surface area contributed by atoms with Gasteiger partial charge in [-0.05, 0) is 43.5 Å². The van der Waals surface area contributed by atoms with Gasteiger partial charge in [-0.15, -0.1) is 11.3 Å². The predicted molar refractivity (Wildman–Crippen MR) is 118 cm³/mol. The molecule has 0 unspecified atom stereocenters. The van der Waals surface area contributed by atoms with E-state index in [9.17, 15) is 4.79 Å². The standard InChI is InChI=1S/C22H21N3OS2/c1-15-16(2)28-20-19(15)21(26)25(14-18-10-6-7-12-23-18)22(24-20)27-13-11-17-8-4-3-5-9-17/h3-10,12H,11,13-14H2,1-2H3. The van der Waals surface area contributed by atoms with Crippen molar-refractivity contribution in [3.05, 3.63) is 86.8 Å². The zero-order valence-electron chi connectivity index (χ0n) is 15.9. The Hall–Kier alpha value is -2.44. The summed E-state index contributed by atoms with van der Waals surface area (Å²) in [5.41, 5.74) is 3.21. The molecule has 6 heteroatoms. The molecule has 4 rings (SSSR count). The molecule has 0 aliphatic rings. The van der Waals surface area contributed by atoms with Crippen molar-refractivity contribution in [2.24, 2.45) is 0 Å². The van der Waals surface area contributed by atoms with Crippen LogP contribution >= 0.6 is 23.1 Å². The average molecular weight is 408 g/mol. The Bertz CT molecular complexity index is 1150. The van der Waals surface area contributed by atoms with E-state index >= 15 is 0 Å². The monoisotopic (exact) mass is 407 g/mol. The summed E-state index contributed by atoms with van der Waals surface area (Å²) in [6.07, 6.45) is 2.69. The lowest BCUT2D eigenvalue weighted by atomic mass is 10.2. The summed E-state index contributed by atoms with van der Waals surface area (Å²) in [5, 5.41) is 1.51. The molecule has 0 amide bonds. The maximum Gasteiger partial charge on any atom is 0.263 e. The highest BCUT2D eigenvalue weighted by molar-refractivity contribution is 7.99. The number of aromatic nitrogens is 3. The van der Waals surface area contributed by atoms with Crippen LogP contribution in [0.5, 0.6) is 0 Å². The lowest BCUT2D eigenvalue weighted by Gasteiger charge is -2.12. The Morgan fingerprint density at radius 2 is 1.86 bits per heavy atom. The van der Waals surface area contributed by atoms with Gasteiger partial charge in [0, 0.05) is 16.8 Å². The Morgan fingerprint density at radius 3 is 2.61 bits per heavy atom. The number of thioether (sulfide) groups is 1. The van der Waals surface area contributed by atoms with Gasteiger partial charge in [-0.3, -0.25) is 14.3 Å². The minimum absolute atomic E-state index is 0.0275. The van der Waals surface area contributed by atoms with E-state index in [-0.39, 0.29) is 5.56 Å². The van der Waals surface area contributed by atoms with Gasteiger partial charge in [-0.2, -0.15) is 0 Å². The van der Waals surface area contributed by atoms with Crippen LogP contribution in [-0.2, 0) is 13.0 Å². The average Bonchev–Trinajstić information content (AvgIpc) is 3.00. The topological polar surface area (TPSA) is 47.8 Å². The van der Waals surface area contributed by atoms with Crippen LogP contribution in [0.15, 0.2) is 64.7 Å². The summed E-state index contributed by atoms with van der Waals surface area (Å²) in [4.78, 5) is 24.6. The molecule has 0 aliphatic carbocycles. The third-order valence-electron chi connectivity index (χ3n) is 4.76. The van der Waals surface area contributed by atoms with E-state index in [0.29, 0.717) is 6.54 Å². The summed E-state index contributed by atoms with van der Waals surface area (Å²) in [5.74, 6) is 0.869. The van der Waals surface area contributed by atoms with E-state index < -0.39 is 0 Å². The van der Waals surface area contributed by atoms with Crippen LogP contribution < -0.4 is 5.56 Å². The third-order valence-corrected chi connectivity index (χ3v) is 6.84. The molecule has 0 fully saturated rings. The zero-order valence-corrected chi connectivity index (χ0v) is 17.5. The quantitative estimate of drug-likeness (QED) is 0.338. The number of hydrogen-bond donors (Lipinski definition) is 0. The van der Waals surface area contributed by atoms with Crippen LogP contribution in [0.1, 0.15) is 21.7 Å². The van der Waals surface area contributed by atoms with Crippen LogP contribution in [-0.4, -0.2) is 20.3 Å². The molecule has 0 aliphatic heterocycles. The van der Waals surface area contributed by atoms with E-state index in [2.05, 4.69) is 29.2 Å². The first kappa shape index (κ1) is 18.9. The Kier molecular flexibility index (Phi) is 5.59. The smallest absolute Gasteiger partial charge is 0.263 e. The maximum absolute atomic E-state index is 13.3. The zero-order chi connectivity index (χ0) is 19.5. The van der Waals surface area contributed by atoms with Crippen molar-refractivity contribution in [1.29, 1.82) is 0 Å². The summed E-state index contributed by atoms with van der Waals surface area (Å²) >= 11 is 3.23. The second-order valence-corrected chi connectivity index (χ2v) is 8.92. The first-order valence-corrected chi connectivity index (χ1v) is 11.0. The molecule has 142 valence electrons. The number of thiophene rings is 1. The van der Waals surface area contributed by atoms with E-state index in [0.717, 1.165) is 43.7 Å². The van der Waals surface area contributed by atoms with Gasteiger partial charge in [0.2, 0.25) is 0 Å². The van der Waals surface area contributed by atoms with Crippen molar-refractivity contribution < 1.29 is 0 Å². The number of rotatable bonds is 6. The van der Waals surface area contributed by atoms with Gasteiger partial charge in [0.05, 0.1) is 17.6 Å². The van der Waals surface area contributed by atoms with E-state index in [1.165, 1.54) is 5.56 Å². The van der Waals surface area contributed by atoms with Gasteiger partial charge < -0.3 is 0 Å². The Balaban J connectivity index is 1.70. The van der Waals surface area contributed by atoms with Crippen LogP contribution in [0.3, 0.4) is 0 Å². The molecule has 28 heavy (non-hydrogen) atoms.